The van der Waals surface area contributed by atoms with Gasteiger partial charge < -0.3 is 10.1 Å². The summed E-state index contributed by atoms with van der Waals surface area (Å²) in [5.74, 6) is 0.811. The minimum absolute atomic E-state index is 0.588. The van der Waals surface area contributed by atoms with Gasteiger partial charge in [0.15, 0.2) is 5.65 Å². The Bertz CT molecular complexity index is 1040. The zero-order chi connectivity index (χ0) is 17.9. The smallest absolute Gasteiger partial charge is 0.184 e. The molecule has 0 radical (unpaired) electrons. The number of ether oxygens (including phenoxy) is 1. The summed E-state index contributed by atoms with van der Waals surface area (Å²) in [7, 11) is 1.67. The van der Waals surface area contributed by atoms with E-state index in [4.69, 9.17) is 4.74 Å². The van der Waals surface area contributed by atoms with Crippen molar-refractivity contribution < 1.29 is 4.74 Å². The zero-order valence-electron chi connectivity index (χ0n) is 14.7. The number of pyridine rings is 1. The molecule has 4 rings (SSSR count). The summed E-state index contributed by atoms with van der Waals surface area (Å²) in [4.78, 5) is 0. The second kappa shape index (κ2) is 6.84. The highest BCUT2D eigenvalue weighted by Crippen LogP contribution is 2.27. The molecule has 2 aromatic heterocycles. The van der Waals surface area contributed by atoms with Gasteiger partial charge in [-0.25, -0.2) is 0 Å². The van der Waals surface area contributed by atoms with E-state index >= 15 is 0 Å². The van der Waals surface area contributed by atoms with Gasteiger partial charge in [-0.3, -0.25) is 0 Å². The number of rotatable bonds is 5. The van der Waals surface area contributed by atoms with E-state index < -0.39 is 0 Å². The Balaban J connectivity index is 1.70. The molecule has 6 heteroatoms. The van der Waals surface area contributed by atoms with Crippen LogP contribution in [0.25, 0.3) is 16.8 Å². The lowest BCUT2D eigenvalue weighted by atomic mass is 10.1. The quantitative estimate of drug-likeness (QED) is 0.597. The maximum atomic E-state index is 5.45. The molecule has 0 unspecified atom stereocenters. The third-order valence-corrected chi connectivity index (χ3v) is 4.30. The minimum atomic E-state index is 0.588. The second-order valence-corrected chi connectivity index (χ2v) is 6.12. The van der Waals surface area contributed by atoms with E-state index in [1.807, 2.05) is 36.5 Å². The van der Waals surface area contributed by atoms with Crippen LogP contribution in [-0.4, -0.2) is 27.2 Å². The van der Waals surface area contributed by atoms with Crippen LogP contribution in [0.15, 0.2) is 60.8 Å². The Morgan fingerprint density at radius 1 is 1.04 bits per heavy atom. The van der Waals surface area contributed by atoms with Crippen molar-refractivity contribution in [2.45, 2.75) is 13.5 Å². The standard InChI is InChI=1S/C20H19N5O/c1-14-8-9-19(26-2)18(10-14)21-12-16-11-17(15-6-4-3-5-7-15)13-25-20(16)22-23-24-25/h3-11,13,21H,12H2,1-2H3. The fraction of sp³-hybridized carbons (Fsp3) is 0.150. The lowest BCUT2D eigenvalue weighted by molar-refractivity contribution is 0.416. The summed E-state index contributed by atoms with van der Waals surface area (Å²) in [6, 6.07) is 18.4. The first kappa shape index (κ1) is 16.1. The first-order valence-corrected chi connectivity index (χ1v) is 8.39. The number of tetrazole rings is 1. The maximum Gasteiger partial charge on any atom is 0.184 e. The van der Waals surface area contributed by atoms with Gasteiger partial charge in [-0.15, -0.1) is 5.10 Å². The van der Waals surface area contributed by atoms with Crippen LogP contribution >= 0.6 is 0 Å². The maximum absolute atomic E-state index is 5.45. The van der Waals surface area contributed by atoms with Gasteiger partial charge in [-0.2, -0.15) is 4.52 Å². The number of hydrogen-bond donors (Lipinski definition) is 1. The largest absolute Gasteiger partial charge is 0.495 e. The van der Waals surface area contributed by atoms with Crippen LogP contribution in [0, 0.1) is 6.92 Å². The molecular weight excluding hydrogens is 326 g/mol. The van der Waals surface area contributed by atoms with Gasteiger partial charge in [0.25, 0.3) is 0 Å². The molecule has 0 amide bonds. The molecule has 2 heterocycles. The van der Waals surface area contributed by atoms with Gasteiger partial charge in [-0.05, 0) is 46.7 Å². The Morgan fingerprint density at radius 2 is 1.88 bits per heavy atom. The molecule has 0 fully saturated rings. The van der Waals surface area contributed by atoms with Crippen LogP contribution in [0.3, 0.4) is 0 Å². The third kappa shape index (κ3) is 3.09. The summed E-state index contributed by atoms with van der Waals surface area (Å²) < 4.78 is 7.16. The average molecular weight is 345 g/mol. The van der Waals surface area contributed by atoms with Gasteiger partial charge in [0, 0.05) is 23.9 Å². The van der Waals surface area contributed by atoms with Crippen LogP contribution in [0.2, 0.25) is 0 Å². The summed E-state index contributed by atoms with van der Waals surface area (Å²) in [5, 5.41) is 15.5. The first-order valence-electron chi connectivity index (χ1n) is 8.39. The number of nitrogens with one attached hydrogen (secondary N) is 1. The van der Waals surface area contributed by atoms with Crippen molar-refractivity contribution >= 4 is 11.3 Å². The molecule has 0 saturated heterocycles. The molecule has 1 N–H and O–H groups in total. The molecule has 0 aliphatic heterocycles. The average Bonchev–Trinajstić information content (AvgIpc) is 3.15. The molecule has 2 aromatic carbocycles. The van der Waals surface area contributed by atoms with Crippen molar-refractivity contribution in [3.63, 3.8) is 0 Å². The molecular formula is C20H19N5O. The molecule has 0 atom stereocenters. The molecule has 0 aliphatic carbocycles. The van der Waals surface area contributed by atoms with E-state index in [1.165, 1.54) is 5.56 Å². The van der Waals surface area contributed by atoms with Gasteiger partial charge in [0.1, 0.15) is 5.75 Å². The highest BCUT2D eigenvalue weighted by molar-refractivity contribution is 5.67. The molecule has 6 nitrogen and oxygen atoms in total. The number of aryl methyl sites for hydroxylation is 1. The van der Waals surface area contributed by atoms with Crippen LogP contribution in [0.4, 0.5) is 5.69 Å². The van der Waals surface area contributed by atoms with E-state index in [0.717, 1.165) is 33.8 Å². The summed E-state index contributed by atoms with van der Waals surface area (Å²) in [5.41, 5.74) is 6.06. The molecule has 0 spiro atoms. The number of methoxy groups -OCH3 is 1. The normalized spacial score (nSPS) is 10.8. The number of aromatic nitrogens is 4. The summed E-state index contributed by atoms with van der Waals surface area (Å²) in [6.07, 6.45) is 1.95. The van der Waals surface area contributed by atoms with Gasteiger partial charge >= 0.3 is 0 Å². The van der Waals surface area contributed by atoms with Crippen molar-refractivity contribution in [2.75, 3.05) is 12.4 Å². The monoisotopic (exact) mass is 345 g/mol. The Morgan fingerprint density at radius 3 is 2.69 bits per heavy atom. The highest BCUT2D eigenvalue weighted by atomic mass is 16.5. The fourth-order valence-corrected chi connectivity index (χ4v) is 2.98. The molecule has 26 heavy (non-hydrogen) atoms. The molecule has 130 valence electrons. The van der Waals surface area contributed by atoms with Crippen molar-refractivity contribution in [1.29, 1.82) is 0 Å². The van der Waals surface area contributed by atoms with Crippen molar-refractivity contribution in [3.8, 4) is 16.9 Å². The Kier molecular flexibility index (Phi) is 4.23. The third-order valence-electron chi connectivity index (χ3n) is 4.30. The first-order chi connectivity index (χ1) is 12.7. The van der Waals surface area contributed by atoms with E-state index in [0.29, 0.717) is 6.54 Å². The van der Waals surface area contributed by atoms with E-state index in [-0.39, 0.29) is 0 Å². The second-order valence-electron chi connectivity index (χ2n) is 6.12. The molecule has 4 aromatic rings. The lowest BCUT2D eigenvalue weighted by Crippen LogP contribution is -2.05. The number of anilines is 1. The minimum Gasteiger partial charge on any atom is -0.495 e. The number of hydrogen-bond acceptors (Lipinski definition) is 5. The summed E-state index contributed by atoms with van der Waals surface area (Å²) >= 11 is 0. The predicted octanol–water partition coefficient (Wildman–Crippen LogP) is 3.72. The van der Waals surface area contributed by atoms with Crippen LogP contribution in [-0.2, 0) is 6.54 Å². The Hall–Kier alpha value is -3.41. The van der Waals surface area contributed by atoms with E-state index in [2.05, 4.69) is 52.0 Å². The number of fused-ring (bicyclic) bond motifs is 1. The highest BCUT2D eigenvalue weighted by Gasteiger charge is 2.10. The van der Waals surface area contributed by atoms with Gasteiger partial charge in [0.05, 0.1) is 12.8 Å². The zero-order valence-corrected chi connectivity index (χ0v) is 14.7. The van der Waals surface area contributed by atoms with Crippen molar-refractivity contribution in [3.05, 3.63) is 71.9 Å². The molecule has 0 bridgehead atoms. The topological polar surface area (TPSA) is 64.3 Å². The van der Waals surface area contributed by atoms with Crippen molar-refractivity contribution in [2.24, 2.45) is 0 Å². The Labute approximate surface area is 151 Å². The van der Waals surface area contributed by atoms with Crippen molar-refractivity contribution in [1.82, 2.24) is 20.0 Å². The van der Waals surface area contributed by atoms with Gasteiger partial charge in [0.2, 0.25) is 0 Å². The van der Waals surface area contributed by atoms with Gasteiger partial charge in [-0.1, -0.05) is 36.4 Å². The molecule has 0 aliphatic rings. The van der Waals surface area contributed by atoms with E-state index in [1.54, 1.807) is 11.6 Å². The SMILES string of the molecule is COc1ccc(C)cc1NCc1cc(-c2ccccc2)cn2nnnc12. The number of nitrogens with zero attached hydrogens (tertiary/aromatic N) is 4. The lowest BCUT2D eigenvalue weighted by Gasteiger charge is -2.13. The molecule has 0 saturated carbocycles. The number of benzene rings is 2. The van der Waals surface area contributed by atoms with E-state index in [9.17, 15) is 0 Å². The van der Waals surface area contributed by atoms with Crippen LogP contribution in [0.5, 0.6) is 5.75 Å². The summed E-state index contributed by atoms with van der Waals surface area (Å²) in [6.45, 7) is 2.64. The fourth-order valence-electron chi connectivity index (χ4n) is 2.98. The van der Waals surface area contributed by atoms with Crippen LogP contribution < -0.4 is 10.1 Å². The van der Waals surface area contributed by atoms with Crippen LogP contribution in [0.1, 0.15) is 11.1 Å². The predicted molar refractivity (Wildman–Crippen MR) is 101 cm³/mol.